The summed E-state index contributed by atoms with van der Waals surface area (Å²) in [5.41, 5.74) is 0. The number of nitrogens with one attached hydrogen (secondary N) is 1. The molecule has 100 valence electrons. The number of aromatic nitrogens is 1. The highest BCUT2D eigenvalue weighted by atomic mass is 32.2. The van der Waals surface area contributed by atoms with Gasteiger partial charge in [-0.2, -0.15) is 11.8 Å². The lowest BCUT2D eigenvalue weighted by molar-refractivity contribution is 0.694. The first-order valence-corrected chi connectivity index (χ1v) is 8.55. The van der Waals surface area contributed by atoms with Gasteiger partial charge in [-0.15, -0.1) is 11.3 Å². The molecule has 0 aromatic carbocycles. The summed E-state index contributed by atoms with van der Waals surface area (Å²) < 4.78 is 0. The van der Waals surface area contributed by atoms with Gasteiger partial charge in [0, 0.05) is 47.2 Å². The van der Waals surface area contributed by atoms with Crippen molar-refractivity contribution in [3.63, 3.8) is 0 Å². The van der Waals surface area contributed by atoms with Crippen LogP contribution < -0.4 is 10.2 Å². The first kappa shape index (κ1) is 12.8. The molecule has 18 heavy (non-hydrogen) atoms. The zero-order valence-electron chi connectivity index (χ0n) is 11.1. The number of nitrogens with zero attached hydrogens (tertiary/aromatic N) is 2. The quantitative estimate of drug-likeness (QED) is 0.919. The lowest BCUT2D eigenvalue weighted by Gasteiger charge is -2.34. The van der Waals surface area contributed by atoms with Crippen LogP contribution in [0.5, 0.6) is 0 Å². The second-order valence-electron chi connectivity index (χ2n) is 5.43. The van der Waals surface area contributed by atoms with E-state index in [1.54, 1.807) is 0 Å². The molecular weight excluding hydrogens is 262 g/mol. The van der Waals surface area contributed by atoms with Crippen molar-refractivity contribution in [1.82, 2.24) is 10.3 Å². The van der Waals surface area contributed by atoms with Crippen LogP contribution in [0.1, 0.15) is 31.6 Å². The third-order valence-corrected chi connectivity index (χ3v) is 5.66. The van der Waals surface area contributed by atoms with E-state index in [1.807, 2.05) is 17.5 Å². The van der Waals surface area contributed by atoms with Crippen molar-refractivity contribution in [2.75, 3.05) is 18.0 Å². The van der Waals surface area contributed by atoms with Crippen LogP contribution >= 0.6 is 23.1 Å². The van der Waals surface area contributed by atoms with E-state index in [0.717, 1.165) is 25.7 Å². The van der Waals surface area contributed by atoms with E-state index in [9.17, 15) is 0 Å². The highest BCUT2D eigenvalue weighted by molar-refractivity contribution is 8.00. The Balaban J connectivity index is 1.60. The van der Waals surface area contributed by atoms with Crippen molar-refractivity contribution < 1.29 is 0 Å². The summed E-state index contributed by atoms with van der Waals surface area (Å²) >= 11 is 3.95. The summed E-state index contributed by atoms with van der Waals surface area (Å²) in [6, 6.07) is 0.780. The minimum Gasteiger partial charge on any atom is -0.346 e. The van der Waals surface area contributed by atoms with Crippen molar-refractivity contribution in [1.29, 1.82) is 0 Å². The van der Waals surface area contributed by atoms with Gasteiger partial charge < -0.3 is 10.2 Å². The average Bonchev–Trinajstić information content (AvgIpc) is 3.02. The van der Waals surface area contributed by atoms with Crippen LogP contribution in [0.15, 0.2) is 6.20 Å². The Bertz CT molecular complexity index is 393. The van der Waals surface area contributed by atoms with Crippen LogP contribution in [-0.4, -0.2) is 34.6 Å². The van der Waals surface area contributed by atoms with Crippen LogP contribution in [0.2, 0.25) is 0 Å². The summed E-state index contributed by atoms with van der Waals surface area (Å²) in [7, 11) is 0. The van der Waals surface area contributed by atoms with Crippen molar-refractivity contribution in [3.8, 4) is 0 Å². The number of hydrogen-bond acceptors (Lipinski definition) is 5. The zero-order valence-corrected chi connectivity index (χ0v) is 12.7. The Hall–Kier alpha value is -0.260. The van der Waals surface area contributed by atoms with Gasteiger partial charge in [0.15, 0.2) is 5.13 Å². The maximum Gasteiger partial charge on any atom is 0.185 e. The molecule has 0 bridgehead atoms. The van der Waals surface area contributed by atoms with Gasteiger partial charge in [-0.3, -0.25) is 0 Å². The average molecular weight is 283 g/mol. The van der Waals surface area contributed by atoms with E-state index >= 15 is 0 Å². The normalized spacial score (nSPS) is 28.7. The van der Waals surface area contributed by atoms with E-state index in [1.165, 1.54) is 22.9 Å². The fourth-order valence-corrected chi connectivity index (χ4v) is 4.60. The monoisotopic (exact) mass is 283 g/mol. The van der Waals surface area contributed by atoms with E-state index in [0.29, 0.717) is 10.5 Å². The molecule has 1 aromatic heterocycles. The molecule has 1 N–H and O–H groups in total. The molecule has 1 saturated carbocycles. The molecule has 2 fully saturated rings. The number of anilines is 1. The summed E-state index contributed by atoms with van der Waals surface area (Å²) in [5.74, 6) is 0. The third kappa shape index (κ3) is 3.19. The molecule has 1 aliphatic heterocycles. The first-order chi connectivity index (χ1) is 8.70. The number of thiazole rings is 1. The molecule has 2 aliphatic rings. The molecule has 1 aromatic rings. The van der Waals surface area contributed by atoms with Gasteiger partial charge in [-0.1, -0.05) is 13.8 Å². The van der Waals surface area contributed by atoms with Crippen LogP contribution in [0.25, 0.3) is 0 Å². The lowest BCUT2D eigenvalue weighted by atomic mass is 10.3. The number of rotatable bonds is 4. The van der Waals surface area contributed by atoms with Crippen molar-refractivity contribution in [2.24, 2.45) is 0 Å². The highest BCUT2D eigenvalue weighted by Gasteiger charge is 2.24. The smallest absolute Gasteiger partial charge is 0.185 e. The third-order valence-electron chi connectivity index (χ3n) is 3.37. The molecule has 5 heteroatoms. The molecule has 0 spiro atoms. The minimum absolute atomic E-state index is 0.714. The van der Waals surface area contributed by atoms with E-state index in [4.69, 9.17) is 0 Å². The van der Waals surface area contributed by atoms with Gasteiger partial charge in [-0.05, 0) is 12.8 Å². The minimum atomic E-state index is 0.714. The van der Waals surface area contributed by atoms with E-state index < -0.39 is 0 Å². The molecule has 2 atom stereocenters. The predicted octanol–water partition coefficient (Wildman–Crippen LogP) is 2.73. The highest BCUT2D eigenvalue weighted by Crippen LogP contribution is 2.31. The summed E-state index contributed by atoms with van der Waals surface area (Å²) in [6.45, 7) is 7.90. The topological polar surface area (TPSA) is 28.2 Å². The van der Waals surface area contributed by atoms with Crippen molar-refractivity contribution >= 4 is 28.2 Å². The van der Waals surface area contributed by atoms with Gasteiger partial charge in [0.05, 0.1) is 0 Å². The van der Waals surface area contributed by atoms with Crippen molar-refractivity contribution in [2.45, 2.75) is 49.8 Å². The Morgan fingerprint density at radius 2 is 2.06 bits per heavy atom. The van der Waals surface area contributed by atoms with E-state index in [-0.39, 0.29) is 0 Å². The summed E-state index contributed by atoms with van der Waals surface area (Å²) in [4.78, 5) is 8.43. The molecule has 0 amide bonds. The van der Waals surface area contributed by atoms with Gasteiger partial charge in [0.2, 0.25) is 0 Å². The van der Waals surface area contributed by atoms with Crippen LogP contribution in [0.3, 0.4) is 0 Å². The standard InChI is InChI=1S/C13H21N3S2/c1-9-7-16(8-10(2)17-9)13-15-6-12(18-13)5-14-11-3-4-11/h6,9-11,14H,3-5,7-8H2,1-2H3. The maximum absolute atomic E-state index is 4.60. The lowest BCUT2D eigenvalue weighted by Crippen LogP contribution is -2.40. The van der Waals surface area contributed by atoms with Crippen LogP contribution in [0, 0.1) is 0 Å². The molecule has 3 rings (SSSR count). The van der Waals surface area contributed by atoms with Crippen molar-refractivity contribution in [3.05, 3.63) is 11.1 Å². The Morgan fingerprint density at radius 3 is 2.72 bits per heavy atom. The first-order valence-electron chi connectivity index (χ1n) is 6.79. The van der Waals surface area contributed by atoms with Gasteiger partial charge in [0.1, 0.15) is 0 Å². The molecule has 2 heterocycles. The van der Waals surface area contributed by atoms with Gasteiger partial charge in [0.25, 0.3) is 0 Å². The number of hydrogen-bond donors (Lipinski definition) is 1. The molecule has 2 unspecified atom stereocenters. The molecule has 3 nitrogen and oxygen atoms in total. The Morgan fingerprint density at radius 1 is 1.33 bits per heavy atom. The summed E-state index contributed by atoms with van der Waals surface area (Å²) in [5, 5.41) is 6.19. The SMILES string of the molecule is CC1CN(c2ncc(CNC3CC3)s2)CC(C)S1. The Kier molecular flexibility index (Phi) is 3.82. The van der Waals surface area contributed by atoms with E-state index in [2.05, 4.69) is 40.8 Å². The fourth-order valence-electron chi connectivity index (χ4n) is 2.39. The summed E-state index contributed by atoms with van der Waals surface area (Å²) in [6.07, 6.45) is 4.75. The fraction of sp³-hybridized carbons (Fsp3) is 0.769. The van der Waals surface area contributed by atoms with Crippen LogP contribution in [0.4, 0.5) is 5.13 Å². The molecule has 1 aliphatic carbocycles. The van der Waals surface area contributed by atoms with Gasteiger partial charge >= 0.3 is 0 Å². The molecular formula is C13H21N3S2. The zero-order chi connectivity index (χ0) is 12.5. The molecule has 0 radical (unpaired) electrons. The van der Waals surface area contributed by atoms with Gasteiger partial charge in [-0.25, -0.2) is 4.98 Å². The molecule has 1 saturated heterocycles. The second kappa shape index (κ2) is 5.39. The Labute approximate surface area is 117 Å². The number of thioether (sulfide) groups is 1. The van der Waals surface area contributed by atoms with Crippen LogP contribution in [-0.2, 0) is 6.54 Å². The maximum atomic E-state index is 4.60. The largest absolute Gasteiger partial charge is 0.346 e. The predicted molar refractivity (Wildman–Crippen MR) is 80.7 cm³/mol. The second-order valence-corrected chi connectivity index (χ2v) is 8.40.